The zero-order chi connectivity index (χ0) is 14.5. The van der Waals surface area contributed by atoms with Crippen molar-refractivity contribution in [2.45, 2.75) is 32.7 Å². The summed E-state index contributed by atoms with van der Waals surface area (Å²) in [5.41, 5.74) is 2.72. The van der Waals surface area contributed by atoms with Crippen molar-refractivity contribution >= 4 is 17.5 Å². The van der Waals surface area contributed by atoms with Crippen LogP contribution in [0.3, 0.4) is 0 Å². The minimum absolute atomic E-state index is 0.163. The van der Waals surface area contributed by atoms with Crippen molar-refractivity contribution < 1.29 is 9.59 Å². The lowest BCUT2D eigenvalue weighted by molar-refractivity contribution is -0.122. The summed E-state index contributed by atoms with van der Waals surface area (Å²) in [5.74, 6) is -0.354. The van der Waals surface area contributed by atoms with E-state index >= 15 is 0 Å². The molecule has 1 unspecified atom stereocenters. The van der Waals surface area contributed by atoms with Crippen LogP contribution in [0.1, 0.15) is 36.2 Å². The number of carbonyl (C=O) groups excluding carboxylic acids is 2. The molecular formula is C15H21N3O2. The Morgan fingerprint density at radius 2 is 2.20 bits per heavy atom. The number of likely N-dealkylation sites (N-methyl/N-ethyl adjacent to an activating group) is 1. The number of nitrogens with one attached hydrogen (secondary N) is 3. The maximum Gasteiger partial charge on any atom is 0.252 e. The molecule has 1 aliphatic rings. The normalized spacial score (nSPS) is 14.7. The molecule has 2 amide bonds. The van der Waals surface area contributed by atoms with E-state index in [2.05, 4.69) is 16.0 Å². The molecule has 1 aliphatic heterocycles. The van der Waals surface area contributed by atoms with E-state index in [1.807, 2.05) is 25.1 Å². The Kier molecular flexibility index (Phi) is 4.61. The van der Waals surface area contributed by atoms with Gasteiger partial charge >= 0.3 is 0 Å². The highest BCUT2D eigenvalue weighted by Gasteiger charge is 2.20. The predicted molar refractivity (Wildman–Crippen MR) is 78.9 cm³/mol. The summed E-state index contributed by atoms with van der Waals surface area (Å²) < 4.78 is 0. The minimum atomic E-state index is -0.533. The van der Waals surface area contributed by atoms with E-state index in [-0.39, 0.29) is 11.8 Å². The van der Waals surface area contributed by atoms with E-state index in [4.69, 9.17) is 0 Å². The lowest BCUT2D eigenvalue weighted by atomic mass is 9.97. The molecule has 1 aromatic rings. The number of amides is 2. The molecule has 5 nitrogen and oxygen atoms in total. The second kappa shape index (κ2) is 6.41. The van der Waals surface area contributed by atoms with Gasteiger partial charge in [-0.1, -0.05) is 6.07 Å². The summed E-state index contributed by atoms with van der Waals surface area (Å²) in [6.07, 6.45) is 1.91. The number of hydrogen-bond donors (Lipinski definition) is 3. The van der Waals surface area contributed by atoms with E-state index in [0.29, 0.717) is 12.1 Å². The third-order valence-corrected chi connectivity index (χ3v) is 3.43. The number of anilines is 1. The molecule has 2 rings (SSSR count). The molecule has 1 atom stereocenters. The van der Waals surface area contributed by atoms with Crippen molar-refractivity contribution in [1.82, 2.24) is 10.6 Å². The second-order valence-electron chi connectivity index (χ2n) is 4.95. The Bertz CT molecular complexity index is 514. The topological polar surface area (TPSA) is 70.2 Å². The van der Waals surface area contributed by atoms with E-state index in [0.717, 1.165) is 30.6 Å². The summed E-state index contributed by atoms with van der Waals surface area (Å²) in [7, 11) is 0. The smallest absolute Gasteiger partial charge is 0.252 e. The van der Waals surface area contributed by atoms with Crippen LogP contribution in [0.2, 0.25) is 0 Å². The quantitative estimate of drug-likeness (QED) is 0.775. The van der Waals surface area contributed by atoms with Crippen molar-refractivity contribution in [2.75, 3.05) is 18.4 Å². The zero-order valence-electron chi connectivity index (χ0n) is 12.0. The molecule has 0 radical (unpaired) electrons. The molecule has 20 heavy (non-hydrogen) atoms. The Balaban J connectivity index is 2.12. The largest absolute Gasteiger partial charge is 0.385 e. The molecule has 0 aliphatic carbocycles. The molecule has 0 saturated heterocycles. The predicted octanol–water partition coefficient (Wildman–Crippen LogP) is 1.30. The standard InChI is InChI=1S/C15H21N3O2/c1-3-16-14(19)10(2)18-15(20)12-6-4-8-13-11(12)7-5-9-17-13/h4,6,8,10,17H,3,5,7,9H2,1-2H3,(H,16,19)(H,18,20). The van der Waals surface area contributed by atoms with Crippen molar-refractivity contribution in [3.05, 3.63) is 29.3 Å². The van der Waals surface area contributed by atoms with Gasteiger partial charge in [-0.2, -0.15) is 0 Å². The van der Waals surface area contributed by atoms with Gasteiger partial charge < -0.3 is 16.0 Å². The third kappa shape index (κ3) is 3.10. The van der Waals surface area contributed by atoms with Gasteiger partial charge in [-0.05, 0) is 44.4 Å². The molecule has 108 valence electrons. The van der Waals surface area contributed by atoms with Crippen LogP contribution in [0.15, 0.2) is 18.2 Å². The molecule has 5 heteroatoms. The summed E-state index contributed by atoms with van der Waals surface area (Å²) in [4.78, 5) is 24.0. The molecular weight excluding hydrogens is 254 g/mol. The first-order valence-electron chi connectivity index (χ1n) is 7.07. The van der Waals surface area contributed by atoms with Crippen molar-refractivity contribution in [3.8, 4) is 0 Å². The van der Waals surface area contributed by atoms with E-state index in [1.165, 1.54) is 0 Å². The zero-order valence-corrected chi connectivity index (χ0v) is 12.0. The fourth-order valence-electron chi connectivity index (χ4n) is 2.39. The number of hydrogen-bond acceptors (Lipinski definition) is 3. The number of rotatable bonds is 4. The maximum atomic E-state index is 12.3. The van der Waals surface area contributed by atoms with Crippen LogP contribution in [0.5, 0.6) is 0 Å². The average molecular weight is 275 g/mol. The fraction of sp³-hybridized carbons (Fsp3) is 0.467. The first kappa shape index (κ1) is 14.4. The minimum Gasteiger partial charge on any atom is -0.385 e. The van der Waals surface area contributed by atoms with Crippen LogP contribution in [-0.4, -0.2) is 30.9 Å². The summed E-state index contributed by atoms with van der Waals surface area (Å²) in [5, 5.41) is 8.75. The van der Waals surface area contributed by atoms with Gasteiger partial charge in [0.25, 0.3) is 5.91 Å². The highest BCUT2D eigenvalue weighted by molar-refractivity contribution is 5.99. The van der Waals surface area contributed by atoms with Gasteiger partial charge in [0.2, 0.25) is 5.91 Å². The lowest BCUT2D eigenvalue weighted by Gasteiger charge is -2.21. The van der Waals surface area contributed by atoms with Gasteiger partial charge in [-0.15, -0.1) is 0 Å². The first-order chi connectivity index (χ1) is 9.63. The highest BCUT2D eigenvalue weighted by Crippen LogP contribution is 2.25. The SMILES string of the molecule is CCNC(=O)C(C)NC(=O)c1cccc2c1CCCN2. The van der Waals surface area contributed by atoms with Gasteiger partial charge in [-0.3, -0.25) is 9.59 Å². The van der Waals surface area contributed by atoms with Gasteiger partial charge in [0.05, 0.1) is 0 Å². The monoisotopic (exact) mass is 275 g/mol. The molecule has 0 bridgehead atoms. The maximum absolute atomic E-state index is 12.3. The van der Waals surface area contributed by atoms with Crippen LogP contribution >= 0.6 is 0 Å². The van der Waals surface area contributed by atoms with Crippen LogP contribution in [0.4, 0.5) is 5.69 Å². The summed E-state index contributed by atoms with van der Waals surface area (Å²) in [6.45, 7) is 5.04. The Labute approximate surface area is 119 Å². The van der Waals surface area contributed by atoms with Crippen molar-refractivity contribution in [3.63, 3.8) is 0 Å². The van der Waals surface area contributed by atoms with Crippen LogP contribution in [0, 0.1) is 0 Å². The lowest BCUT2D eigenvalue weighted by Crippen LogP contribution is -2.45. The molecule has 0 fully saturated rings. The van der Waals surface area contributed by atoms with E-state index in [1.54, 1.807) is 6.92 Å². The molecule has 1 heterocycles. The molecule has 1 aromatic carbocycles. The number of benzene rings is 1. The summed E-state index contributed by atoms with van der Waals surface area (Å²) >= 11 is 0. The van der Waals surface area contributed by atoms with Gasteiger partial charge in [-0.25, -0.2) is 0 Å². The van der Waals surface area contributed by atoms with E-state index in [9.17, 15) is 9.59 Å². The average Bonchev–Trinajstić information content (AvgIpc) is 2.46. The van der Waals surface area contributed by atoms with Crippen LogP contribution < -0.4 is 16.0 Å². The van der Waals surface area contributed by atoms with Crippen molar-refractivity contribution in [1.29, 1.82) is 0 Å². The van der Waals surface area contributed by atoms with E-state index < -0.39 is 6.04 Å². The third-order valence-electron chi connectivity index (χ3n) is 3.43. The first-order valence-corrected chi connectivity index (χ1v) is 7.07. The highest BCUT2D eigenvalue weighted by atomic mass is 16.2. The van der Waals surface area contributed by atoms with Crippen LogP contribution in [0.25, 0.3) is 0 Å². The van der Waals surface area contributed by atoms with Gasteiger partial charge in [0, 0.05) is 24.3 Å². The fourth-order valence-corrected chi connectivity index (χ4v) is 2.39. The number of carbonyl (C=O) groups is 2. The molecule has 0 saturated carbocycles. The molecule has 0 aromatic heterocycles. The molecule has 3 N–H and O–H groups in total. The Hall–Kier alpha value is -2.04. The van der Waals surface area contributed by atoms with Crippen LogP contribution in [-0.2, 0) is 11.2 Å². The molecule has 0 spiro atoms. The second-order valence-corrected chi connectivity index (χ2v) is 4.95. The number of fused-ring (bicyclic) bond motifs is 1. The Morgan fingerprint density at radius 1 is 1.40 bits per heavy atom. The van der Waals surface area contributed by atoms with Gasteiger partial charge in [0.15, 0.2) is 0 Å². The Morgan fingerprint density at radius 3 is 2.95 bits per heavy atom. The summed E-state index contributed by atoms with van der Waals surface area (Å²) in [6, 6.07) is 5.13. The van der Waals surface area contributed by atoms with Gasteiger partial charge in [0.1, 0.15) is 6.04 Å². The van der Waals surface area contributed by atoms with Crippen molar-refractivity contribution in [2.24, 2.45) is 0 Å².